The number of ether oxygens (including phenoxy) is 1. The minimum Gasteiger partial charge on any atom is -0.374 e. The van der Waals surface area contributed by atoms with Crippen molar-refractivity contribution in [3.05, 3.63) is 33.3 Å². The summed E-state index contributed by atoms with van der Waals surface area (Å²) < 4.78 is 6.50. The van der Waals surface area contributed by atoms with E-state index in [-0.39, 0.29) is 18.1 Å². The third-order valence-electron chi connectivity index (χ3n) is 3.90. The molecule has 2 atom stereocenters. The summed E-state index contributed by atoms with van der Waals surface area (Å²) in [5.41, 5.74) is 0.678. The zero-order valence-corrected chi connectivity index (χ0v) is 12.8. The highest BCUT2D eigenvalue weighted by atomic mass is 79.9. The van der Waals surface area contributed by atoms with Gasteiger partial charge in [-0.05, 0) is 53.4 Å². The fourth-order valence-corrected chi connectivity index (χ4v) is 3.85. The van der Waals surface area contributed by atoms with Gasteiger partial charge in [-0.25, -0.2) is 0 Å². The molecule has 0 bridgehead atoms. The van der Waals surface area contributed by atoms with Gasteiger partial charge in [-0.1, -0.05) is 11.6 Å². The Morgan fingerprint density at radius 3 is 3.05 bits per heavy atom. The lowest BCUT2D eigenvalue weighted by Crippen LogP contribution is -2.51. The van der Waals surface area contributed by atoms with E-state index in [1.165, 1.54) is 0 Å². The van der Waals surface area contributed by atoms with E-state index in [0.717, 1.165) is 23.7 Å². The normalized spacial score (nSPS) is 26.3. The predicted molar refractivity (Wildman–Crippen MR) is 77.6 cm³/mol. The molecule has 1 aromatic carbocycles. The van der Waals surface area contributed by atoms with Crippen molar-refractivity contribution in [3.8, 4) is 0 Å². The first-order valence-electron chi connectivity index (χ1n) is 6.54. The van der Waals surface area contributed by atoms with Gasteiger partial charge in [0.05, 0.1) is 24.3 Å². The SMILES string of the molecule is O=C(c1ccc(Cl)cc1Br)N1CCOC2CCCC21. The van der Waals surface area contributed by atoms with Crippen molar-refractivity contribution in [1.82, 2.24) is 4.90 Å². The van der Waals surface area contributed by atoms with Crippen LogP contribution in [0.4, 0.5) is 0 Å². The van der Waals surface area contributed by atoms with Crippen LogP contribution in [-0.2, 0) is 4.74 Å². The number of halogens is 2. The van der Waals surface area contributed by atoms with E-state index in [1.54, 1.807) is 18.2 Å². The van der Waals surface area contributed by atoms with Crippen LogP contribution in [-0.4, -0.2) is 36.1 Å². The zero-order valence-electron chi connectivity index (χ0n) is 10.4. The number of carbonyl (C=O) groups excluding carboxylic acids is 1. The lowest BCUT2D eigenvalue weighted by atomic mass is 10.1. The molecular formula is C14H15BrClNO2. The van der Waals surface area contributed by atoms with Crippen molar-refractivity contribution in [2.24, 2.45) is 0 Å². The summed E-state index contributed by atoms with van der Waals surface area (Å²) in [7, 11) is 0. The summed E-state index contributed by atoms with van der Waals surface area (Å²) in [6, 6.07) is 5.55. The third-order valence-corrected chi connectivity index (χ3v) is 4.80. The topological polar surface area (TPSA) is 29.5 Å². The average molecular weight is 345 g/mol. The lowest BCUT2D eigenvalue weighted by molar-refractivity contribution is -0.0445. The van der Waals surface area contributed by atoms with E-state index in [0.29, 0.717) is 23.7 Å². The van der Waals surface area contributed by atoms with Gasteiger partial charge in [-0.3, -0.25) is 4.79 Å². The van der Waals surface area contributed by atoms with Gasteiger partial charge in [0.2, 0.25) is 0 Å². The molecule has 102 valence electrons. The minimum atomic E-state index is 0.0729. The van der Waals surface area contributed by atoms with Crippen LogP contribution >= 0.6 is 27.5 Å². The molecule has 1 heterocycles. The first-order chi connectivity index (χ1) is 9.16. The lowest BCUT2D eigenvalue weighted by Gasteiger charge is -2.37. The van der Waals surface area contributed by atoms with Crippen molar-refractivity contribution < 1.29 is 9.53 Å². The second-order valence-corrected chi connectivity index (χ2v) is 6.32. The molecule has 2 fully saturated rings. The molecule has 2 aliphatic rings. The van der Waals surface area contributed by atoms with Crippen molar-refractivity contribution in [3.63, 3.8) is 0 Å². The highest BCUT2D eigenvalue weighted by Crippen LogP contribution is 2.32. The Morgan fingerprint density at radius 1 is 1.42 bits per heavy atom. The molecule has 1 aliphatic carbocycles. The monoisotopic (exact) mass is 343 g/mol. The molecule has 1 saturated carbocycles. The molecule has 1 saturated heterocycles. The molecule has 0 radical (unpaired) electrons. The van der Waals surface area contributed by atoms with Gasteiger partial charge in [0.15, 0.2) is 0 Å². The number of morpholine rings is 1. The molecule has 3 nitrogen and oxygen atoms in total. The van der Waals surface area contributed by atoms with Crippen molar-refractivity contribution in [1.29, 1.82) is 0 Å². The number of hydrogen-bond acceptors (Lipinski definition) is 2. The molecule has 3 rings (SSSR count). The Balaban J connectivity index is 1.86. The average Bonchev–Trinajstić information content (AvgIpc) is 2.86. The molecule has 0 spiro atoms. The van der Waals surface area contributed by atoms with Crippen molar-refractivity contribution in [2.75, 3.05) is 13.2 Å². The molecule has 19 heavy (non-hydrogen) atoms. The smallest absolute Gasteiger partial charge is 0.255 e. The highest BCUT2D eigenvalue weighted by molar-refractivity contribution is 9.10. The van der Waals surface area contributed by atoms with Crippen molar-refractivity contribution in [2.45, 2.75) is 31.4 Å². The predicted octanol–water partition coefficient (Wildman–Crippen LogP) is 3.50. The molecule has 0 N–H and O–H groups in total. The third kappa shape index (κ3) is 2.54. The van der Waals surface area contributed by atoms with Crippen LogP contribution in [0.1, 0.15) is 29.6 Å². The Hall–Kier alpha value is -0.580. The van der Waals surface area contributed by atoms with Gasteiger partial charge < -0.3 is 9.64 Å². The Bertz CT molecular complexity index is 508. The zero-order chi connectivity index (χ0) is 13.4. The second-order valence-electron chi connectivity index (χ2n) is 5.03. The fourth-order valence-electron chi connectivity index (χ4n) is 3.00. The van der Waals surface area contributed by atoms with E-state index in [9.17, 15) is 4.79 Å². The standard InChI is InChI=1S/C14H15BrClNO2/c15-11-8-9(16)4-5-10(11)14(18)17-6-7-19-13-3-1-2-12(13)17/h4-5,8,12-13H,1-3,6-7H2. The van der Waals surface area contributed by atoms with Crippen LogP contribution in [0.25, 0.3) is 0 Å². The van der Waals surface area contributed by atoms with Gasteiger partial charge in [-0.15, -0.1) is 0 Å². The van der Waals surface area contributed by atoms with E-state index in [2.05, 4.69) is 15.9 Å². The van der Waals surface area contributed by atoms with Crippen LogP contribution in [0.5, 0.6) is 0 Å². The van der Waals surface area contributed by atoms with E-state index >= 15 is 0 Å². The molecular weight excluding hydrogens is 330 g/mol. The summed E-state index contributed by atoms with van der Waals surface area (Å²) >= 11 is 9.35. The fraction of sp³-hybridized carbons (Fsp3) is 0.500. The number of hydrogen-bond donors (Lipinski definition) is 0. The van der Waals surface area contributed by atoms with Gasteiger partial charge in [0, 0.05) is 16.0 Å². The van der Waals surface area contributed by atoms with Crippen LogP contribution in [0.2, 0.25) is 5.02 Å². The van der Waals surface area contributed by atoms with E-state index < -0.39 is 0 Å². The first-order valence-corrected chi connectivity index (χ1v) is 7.71. The van der Waals surface area contributed by atoms with Gasteiger partial charge in [0.25, 0.3) is 5.91 Å². The quantitative estimate of drug-likeness (QED) is 0.780. The maximum atomic E-state index is 12.7. The Morgan fingerprint density at radius 2 is 2.26 bits per heavy atom. The van der Waals surface area contributed by atoms with Crippen LogP contribution < -0.4 is 0 Å². The van der Waals surface area contributed by atoms with Crippen LogP contribution in [0.3, 0.4) is 0 Å². The van der Waals surface area contributed by atoms with Crippen LogP contribution in [0, 0.1) is 0 Å². The highest BCUT2D eigenvalue weighted by Gasteiger charge is 2.38. The summed E-state index contributed by atoms with van der Waals surface area (Å²) in [5.74, 6) is 0.0729. The summed E-state index contributed by atoms with van der Waals surface area (Å²) in [5, 5.41) is 0.629. The maximum absolute atomic E-state index is 12.7. The number of amides is 1. The minimum absolute atomic E-state index is 0.0729. The van der Waals surface area contributed by atoms with Gasteiger partial charge in [-0.2, -0.15) is 0 Å². The van der Waals surface area contributed by atoms with Crippen LogP contribution in [0.15, 0.2) is 22.7 Å². The summed E-state index contributed by atoms with van der Waals surface area (Å²) in [4.78, 5) is 14.6. The molecule has 1 aliphatic heterocycles. The van der Waals surface area contributed by atoms with E-state index in [1.807, 2.05) is 4.90 Å². The molecule has 2 unspecified atom stereocenters. The number of rotatable bonds is 1. The van der Waals surface area contributed by atoms with Gasteiger partial charge in [0.1, 0.15) is 0 Å². The number of benzene rings is 1. The van der Waals surface area contributed by atoms with E-state index in [4.69, 9.17) is 16.3 Å². The molecule has 0 aromatic heterocycles. The maximum Gasteiger partial charge on any atom is 0.255 e. The number of nitrogens with zero attached hydrogens (tertiary/aromatic N) is 1. The van der Waals surface area contributed by atoms with Gasteiger partial charge >= 0.3 is 0 Å². The second kappa shape index (κ2) is 5.43. The summed E-state index contributed by atoms with van der Waals surface area (Å²) in [6.45, 7) is 1.31. The largest absolute Gasteiger partial charge is 0.374 e. The molecule has 1 aromatic rings. The first kappa shape index (κ1) is 13.4. The Kier molecular flexibility index (Phi) is 3.83. The summed E-state index contributed by atoms with van der Waals surface area (Å²) in [6.07, 6.45) is 3.47. The number of fused-ring (bicyclic) bond motifs is 1. The molecule has 5 heteroatoms. The van der Waals surface area contributed by atoms with Crippen molar-refractivity contribution >= 4 is 33.4 Å². The number of carbonyl (C=O) groups is 1. The Labute approximate surface area is 126 Å². The molecule has 1 amide bonds.